The molecule has 0 aliphatic heterocycles. The fourth-order valence-electron chi connectivity index (χ4n) is 0.906. The van der Waals surface area contributed by atoms with E-state index in [2.05, 4.69) is 0 Å². The summed E-state index contributed by atoms with van der Waals surface area (Å²) < 4.78 is 0. The SMILES string of the molecule is CCc1ccsc1C(=O)C(=O)[O-]. The third-order valence-electron chi connectivity index (χ3n) is 1.52. The molecule has 1 rings (SSSR count). The molecule has 0 N–H and O–H groups in total. The van der Waals surface area contributed by atoms with Crippen LogP contribution in [-0.4, -0.2) is 11.8 Å². The molecule has 1 heterocycles. The van der Waals surface area contributed by atoms with E-state index in [9.17, 15) is 14.7 Å². The van der Waals surface area contributed by atoms with Gasteiger partial charge in [0.25, 0.3) is 0 Å². The highest BCUT2D eigenvalue weighted by Crippen LogP contribution is 2.17. The van der Waals surface area contributed by atoms with Crippen LogP contribution in [-0.2, 0) is 11.2 Å². The molecule has 0 saturated heterocycles. The Labute approximate surface area is 73.6 Å². The van der Waals surface area contributed by atoms with Gasteiger partial charge in [-0.3, -0.25) is 4.79 Å². The number of aliphatic carboxylic acids is 1. The molecule has 0 amide bonds. The predicted octanol–water partition coefficient (Wildman–Crippen LogP) is 0.243. The first-order chi connectivity index (χ1) is 5.66. The largest absolute Gasteiger partial charge is 0.541 e. The lowest BCUT2D eigenvalue weighted by Gasteiger charge is -2.00. The van der Waals surface area contributed by atoms with Crippen molar-refractivity contribution >= 4 is 23.1 Å². The summed E-state index contributed by atoms with van der Waals surface area (Å²) >= 11 is 1.14. The number of hydrogen-bond donors (Lipinski definition) is 0. The lowest BCUT2D eigenvalue weighted by molar-refractivity contribution is -0.296. The number of aryl methyl sites for hydroxylation is 1. The van der Waals surface area contributed by atoms with Gasteiger partial charge in [-0.05, 0) is 23.4 Å². The molecule has 0 unspecified atom stereocenters. The summed E-state index contributed by atoms with van der Waals surface area (Å²) in [6, 6.07) is 1.75. The highest BCUT2D eigenvalue weighted by molar-refractivity contribution is 7.13. The van der Waals surface area contributed by atoms with Crippen LogP contribution in [0.2, 0.25) is 0 Å². The standard InChI is InChI=1S/C8H8O3S/c1-2-5-3-4-12-7(5)6(9)8(10)11/h3-4H,2H2,1H3,(H,10,11)/p-1. The lowest BCUT2D eigenvalue weighted by Crippen LogP contribution is -2.31. The molecule has 0 aliphatic rings. The van der Waals surface area contributed by atoms with Gasteiger partial charge in [0.1, 0.15) is 5.97 Å². The molecule has 0 aliphatic carbocycles. The molecule has 4 heteroatoms. The minimum absolute atomic E-state index is 0.289. The molecule has 0 spiro atoms. The van der Waals surface area contributed by atoms with Crippen molar-refractivity contribution in [2.24, 2.45) is 0 Å². The van der Waals surface area contributed by atoms with Gasteiger partial charge in [0.2, 0.25) is 5.78 Å². The highest BCUT2D eigenvalue weighted by atomic mass is 32.1. The van der Waals surface area contributed by atoms with E-state index in [0.717, 1.165) is 16.9 Å². The number of thiophene rings is 1. The molecule has 1 aromatic rings. The van der Waals surface area contributed by atoms with Crippen LogP contribution < -0.4 is 5.11 Å². The quantitative estimate of drug-likeness (QED) is 0.498. The maximum absolute atomic E-state index is 10.9. The van der Waals surface area contributed by atoms with E-state index in [1.165, 1.54) is 0 Å². The Bertz CT molecular complexity index is 314. The van der Waals surface area contributed by atoms with E-state index in [1.54, 1.807) is 11.4 Å². The van der Waals surface area contributed by atoms with Crippen LogP contribution in [0, 0.1) is 0 Å². The maximum Gasteiger partial charge on any atom is 0.218 e. The average molecular weight is 183 g/mol. The Morgan fingerprint density at radius 1 is 1.58 bits per heavy atom. The summed E-state index contributed by atoms with van der Waals surface area (Å²) in [5.41, 5.74) is 0.772. The summed E-state index contributed by atoms with van der Waals surface area (Å²) in [6.07, 6.45) is 0.665. The monoisotopic (exact) mass is 183 g/mol. The first-order valence-corrected chi connectivity index (χ1v) is 4.36. The van der Waals surface area contributed by atoms with Gasteiger partial charge in [-0.15, -0.1) is 11.3 Å². The smallest absolute Gasteiger partial charge is 0.218 e. The van der Waals surface area contributed by atoms with Crippen molar-refractivity contribution in [2.75, 3.05) is 0 Å². The van der Waals surface area contributed by atoms with Crippen molar-refractivity contribution < 1.29 is 14.7 Å². The third-order valence-corrected chi connectivity index (χ3v) is 2.47. The summed E-state index contributed by atoms with van der Waals surface area (Å²) in [4.78, 5) is 21.4. The van der Waals surface area contributed by atoms with Gasteiger partial charge in [-0.2, -0.15) is 0 Å². The minimum Gasteiger partial charge on any atom is -0.541 e. The van der Waals surface area contributed by atoms with Gasteiger partial charge >= 0.3 is 0 Å². The van der Waals surface area contributed by atoms with Crippen molar-refractivity contribution in [3.05, 3.63) is 21.9 Å². The van der Waals surface area contributed by atoms with Gasteiger partial charge < -0.3 is 9.90 Å². The second-order valence-corrected chi connectivity index (χ2v) is 3.16. The number of carbonyl (C=O) groups excluding carboxylic acids is 2. The molecule has 0 bridgehead atoms. The van der Waals surface area contributed by atoms with Gasteiger partial charge in [0, 0.05) is 0 Å². The first-order valence-electron chi connectivity index (χ1n) is 3.48. The fraction of sp³-hybridized carbons (Fsp3) is 0.250. The molecule has 0 radical (unpaired) electrons. The molecule has 64 valence electrons. The number of carbonyl (C=O) groups is 2. The van der Waals surface area contributed by atoms with Gasteiger partial charge in [-0.1, -0.05) is 6.92 Å². The summed E-state index contributed by atoms with van der Waals surface area (Å²) in [6.45, 7) is 1.87. The van der Waals surface area contributed by atoms with Crippen LogP contribution in [0.4, 0.5) is 0 Å². The van der Waals surface area contributed by atoms with Crippen molar-refractivity contribution in [1.29, 1.82) is 0 Å². The van der Waals surface area contributed by atoms with Gasteiger partial charge in [-0.25, -0.2) is 0 Å². The molecule has 1 aromatic heterocycles. The Morgan fingerprint density at radius 3 is 2.75 bits per heavy atom. The Balaban J connectivity index is 3.02. The lowest BCUT2D eigenvalue weighted by atomic mass is 10.1. The summed E-state index contributed by atoms with van der Waals surface area (Å²) in [5, 5.41) is 11.9. The van der Waals surface area contributed by atoms with E-state index in [4.69, 9.17) is 0 Å². The molecule has 0 atom stereocenters. The molecule has 12 heavy (non-hydrogen) atoms. The maximum atomic E-state index is 10.9. The normalized spacial score (nSPS) is 9.75. The van der Waals surface area contributed by atoms with Crippen LogP contribution in [0.5, 0.6) is 0 Å². The van der Waals surface area contributed by atoms with Crippen LogP contribution in [0.15, 0.2) is 11.4 Å². The topological polar surface area (TPSA) is 57.2 Å². The van der Waals surface area contributed by atoms with Crippen molar-refractivity contribution in [2.45, 2.75) is 13.3 Å². The zero-order chi connectivity index (χ0) is 9.14. The van der Waals surface area contributed by atoms with E-state index in [0.29, 0.717) is 6.42 Å². The molecular weight excluding hydrogens is 176 g/mol. The van der Waals surface area contributed by atoms with Crippen LogP contribution in [0.3, 0.4) is 0 Å². The average Bonchev–Trinajstić information content (AvgIpc) is 2.49. The summed E-state index contributed by atoms with van der Waals surface area (Å²) in [7, 11) is 0. The number of carboxylic acid groups (broad SMARTS) is 1. The third kappa shape index (κ3) is 1.53. The molecule has 0 aromatic carbocycles. The number of ketones is 1. The van der Waals surface area contributed by atoms with E-state index in [1.807, 2.05) is 6.92 Å². The molecule has 0 fully saturated rings. The number of rotatable bonds is 3. The van der Waals surface area contributed by atoms with Gasteiger partial charge in [0.05, 0.1) is 4.88 Å². The van der Waals surface area contributed by atoms with Gasteiger partial charge in [0.15, 0.2) is 0 Å². The predicted molar refractivity (Wildman–Crippen MR) is 43.0 cm³/mol. The number of hydrogen-bond acceptors (Lipinski definition) is 4. The zero-order valence-corrected chi connectivity index (χ0v) is 7.31. The van der Waals surface area contributed by atoms with Crippen LogP contribution in [0.1, 0.15) is 22.2 Å². The Kier molecular flexibility index (Phi) is 2.60. The number of carboxylic acids is 1. The Morgan fingerprint density at radius 2 is 2.25 bits per heavy atom. The number of Topliss-reactive ketones (excluding diaryl/α,β-unsaturated/α-hetero) is 1. The van der Waals surface area contributed by atoms with E-state index < -0.39 is 11.8 Å². The first kappa shape index (κ1) is 8.93. The molecular formula is C8H7O3S-. The van der Waals surface area contributed by atoms with Crippen molar-refractivity contribution in [3.63, 3.8) is 0 Å². The highest BCUT2D eigenvalue weighted by Gasteiger charge is 2.12. The molecule has 3 nitrogen and oxygen atoms in total. The fourth-order valence-corrected chi connectivity index (χ4v) is 1.83. The summed E-state index contributed by atoms with van der Waals surface area (Å²) in [5.74, 6) is -2.55. The van der Waals surface area contributed by atoms with E-state index >= 15 is 0 Å². The van der Waals surface area contributed by atoms with Crippen LogP contribution in [0.25, 0.3) is 0 Å². The Hall–Kier alpha value is -1.16. The van der Waals surface area contributed by atoms with E-state index in [-0.39, 0.29) is 4.88 Å². The van der Waals surface area contributed by atoms with Crippen molar-refractivity contribution in [3.8, 4) is 0 Å². The minimum atomic E-state index is -1.63. The second-order valence-electron chi connectivity index (χ2n) is 2.25. The zero-order valence-electron chi connectivity index (χ0n) is 6.49. The second kappa shape index (κ2) is 3.49. The van der Waals surface area contributed by atoms with Crippen molar-refractivity contribution in [1.82, 2.24) is 0 Å². The molecule has 0 saturated carbocycles. The van der Waals surface area contributed by atoms with Crippen LogP contribution >= 0.6 is 11.3 Å².